The van der Waals surface area contributed by atoms with Crippen molar-refractivity contribution < 1.29 is 19.2 Å². The Kier molecular flexibility index (Phi) is 6.03. The molecule has 0 saturated heterocycles. The highest BCUT2D eigenvalue weighted by Gasteiger charge is 2.31. The first-order chi connectivity index (χ1) is 13.5. The number of nitrogens with one attached hydrogen (secondary N) is 1. The van der Waals surface area contributed by atoms with Crippen molar-refractivity contribution in [2.24, 2.45) is 5.92 Å². The van der Waals surface area contributed by atoms with Crippen molar-refractivity contribution in [3.8, 4) is 0 Å². The smallest absolute Gasteiger partial charge is 0.310 e. The van der Waals surface area contributed by atoms with E-state index in [2.05, 4.69) is 5.32 Å². The number of carbonyl (C=O) groups excluding carboxylic acids is 2. The number of amides is 1. The van der Waals surface area contributed by atoms with E-state index in [1.807, 2.05) is 0 Å². The zero-order valence-electron chi connectivity index (χ0n) is 15.6. The Balaban J connectivity index is 1.85. The normalized spacial score (nSPS) is 15.0. The lowest BCUT2D eigenvalue weighted by atomic mass is 10.1. The number of nitro groups is 1. The van der Waals surface area contributed by atoms with E-state index in [0.29, 0.717) is 11.1 Å². The van der Waals surface area contributed by atoms with E-state index in [0.717, 1.165) is 25.7 Å². The average molecular weight is 382 g/mol. The summed E-state index contributed by atoms with van der Waals surface area (Å²) in [5.41, 5.74) is 1.08. The van der Waals surface area contributed by atoms with Gasteiger partial charge in [0, 0.05) is 11.6 Å². The highest BCUT2D eigenvalue weighted by molar-refractivity contribution is 5.97. The summed E-state index contributed by atoms with van der Waals surface area (Å²) < 4.78 is 5.56. The van der Waals surface area contributed by atoms with Crippen LogP contribution in [0.2, 0.25) is 0 Å². The van der Waals surface area contributed by atoms with E-state index in [9.17, 15) is 19.7 Å². The van der Waals surface area contributed by atoms with Crippen LogP contribution in [0.3, 0.4) is 0 Å². The highest BCUT2D eigenvalue weighted by Crippen LogP contribution is 2.30. The zero-order chi connectivity index (χ0) is 20.1. The molecule has 1 aliphatic carbocycles. The summed E-state index contributed by atoms with van der Waals surface area (Å²) >= 11 is 0. The zero-order valence-corrected chi connectivity index (χ0v) is 15.6. The van der Waals surface area contributed by atoms with Crippen LogP contribution in [0.1, 0.15) is 42.9 Å². The SMILES string of the molecule is Cc1ccc(NC(=O)[C@@H](OC(=O)C2CCCC2)c2ccccc2)c([N+](=O)[O-])c1. The van der Waals surface area contributed by atoms with Gasteiger partial charge in [0.1, 0.15) is 5.69 Å². The van der Waals surface area contributed by atoms with Crippen LogP contribution >= 0.6 is 0 Å². The molecule has 1 aliphatic rings. The van der Waals surface area contributed by atoms with Gasteiger partial charge in [0.15, 0.2) is 0 Å². The summed E-state index contributed by atoms with van der Waals surface area (Å²) in [6.07, 6.45) is 2.28. The molecule has 0 aliphatic heterocycles. The van der Waals surface area contributed by atoms with Crippen LogP contribution in [0.5, 0.6) is 0 Å². The summed E-state index contributed by atoms with van der Waals surface area (Å²) in [7, 11) is 0. The van der Waals surface area contributed by atoms with Crippen molar-refractivity contribution in [2.45, 2.75) is 38.7 Å². The first-order valence-electron chi connectivity index (χ1n) is 9.27. The highest BCUT2D eigenvalue weighted by atomic mass is 16.6. The number of rotatable bonds is 6. The molecule has 0 heterocycles. The van der Waals surface area contributed by atoms with E-state index < -0.39 is 22.9 Å². The number of ether oxygens (including phenoxy) is 1. The maximum atomic E-state index is 12.9. The number of nitrogens with zero attached hydrogens (tertiary/aromatic N) is 1. The monoisotopic (exact) mass is 382 g/mol. The van der Waals surface area contributed by atoms with E-state index in [1.54, 1.807) is 43.3 Å². The minimum atomic E-state index is -1.17. The van der Waals surface area contributed by atoms with Gasteiger partial charge in [0.05, 0.1) is 10.8 Å². The molecule has 0 aromatic heterocycles. The Morgan fingerprint density at radius 2 is 1.82 bits per heavy atom. The van der Waals surface area contributed by atoms with Crippen LogP contribution in [-0.2, 0) is 14.3 Å². The van der Waals surface area contributed by atoms with Crippen molar-refractivity contribution in [2.75, 3.05) is 5.32 Å². The molecule has 0 unspecified atom stereocenters. The lowest BCUT2D eigenvalue weighted by Gasteiger charge is -2.20. The van der Waals surface area contributed by atoms with Crippen LogP contribution in [0.25, 0.3) is 0 Å². The van der Waals surface area contributed by atoms with Crippen molar-refractivity contribution in [1.29, 1.82) is 0 Å². The Hall–Kier alpha value is -3.22. The van der Waals surface area contributed by atoms with Crippen LogP contribution in [-0.4, -0.2) is 16.8 Å². The number of aryl methyl sites for hydroxylation is 1. The number of anilines is 1. The molecule has 0 radical (unpaired) electrons. The van der Waals surface area contributed by atoms with Gasteiger partial charge >= 0.3 is 5.97 Å². The second-order valence-electron chi connectivity index (χ2n) is 6.98. The van der Waals surface area contributed by atoms with Gasteiger partial charge in [-0.25, -0.2) is 0 Å². The average Bonchev–Trinajstić information content (AvgIpc) is 3.22. The molecule has 1 atom stereocenters. The Morgan fingerprint density at radius 3 is 2.46 bits per heavy atom. The fraction of sp³-hybridized carbons (Fsp3) is 0.333. The Labute approximate surface area is 162 Å². The molecule has 0 spiro atoms. The minimum Gasteiger partial charge on any atom is -0.447 e. The van der Waals surface area contributed by atoms with Crippen molar-refractivity contribution in [3.63, 3.8) is 0 Å². The molecule has 1 saturated carbocycles. The molecule has 146 valence electrons. The summed E-state index contributed by atoms with van der Waals surface area (Å²) in [5.74, 6) is -1.22. The summed E-state index contributed by atoms with van der Waals surface area (Å²) in [5, 5.41) is 13.9. The third-order valence-electron chi connectivity index (χ3n) is 4.87. The van der Waals surface area contributed by atoms with Gasteiger partial charge in [-0.3, -0.25) is 19.7 Å². The molecule has 1 N–H and O–H groups in total. The topological polar surface area (TPSA) is 98.5 Å². The third-order valence-corrected chi connectivity index (χ3v) is 4.87. The van der Waals surface area contributed by atoms with Gasteiger partial charge in [-0.2, -0.15) is 0 Å². The number of hydrogen-bond donors (Lipinski definition) is 1. The predicted molar refractivity (Wildman–Crippen MR) is 104 cm³/mol. The molecular weight excluding hydrogens is 360 g/mol. The van der Waals surface area contributed by atoms with Crippen molar-refractivity contribution >= 4 is 23.3 Å². The molecule has 2 aromatic rings. The molecule has 1 amide bonds. The molecule has 1 fully saturated rings. The van der Waals surface area contributed by atoms with Crippen molar-refractivity contribution in [1.82, 2.24) is 0 Å². The van der Waals surface area contributed by atoms with Gasteiger partial charge in [0.25, 0.3) is 11.6 Å². The molecule has 0 bridgehead atoms. The summed E-state index contributed by atoms with van der Waals surface area (Å²) in [4.78, 5) is 36.2. The van der Waals surface area contributed by atoms with E-state index >= 15 is 0 Å². The first-order valence-corrected chi connectivity index (χ1v) is 9.27. The van der Waals surface area contributed by atoms with Gasteiger partial charge in [-0.15, -0.1) is 0 Å². The Morgan fingerprint density at radius 1 is 1.14 bits per heavy atom. The van der Waals surface area contributed by atoms with Gasteiger partial charge in [-0.1, -0.05) is 49.2 Å². The van der Waals surface area contributed by atoms with E-state index in [1.165, 1.54) is 12.1 Å². The molecule has 7 nitrogen and oxygen atoms in total. The van der Waals surface area contributed by atoms with Gasteiger partial charge in [0.2, 0.25) is 6.10 Å². The second-order valence-corrected chi connectivity index (χ2v) is 6.98. The third kappa shape index (κ3) is 4.54. The number of hydrogen-bond acceptors (Lipinski definition) is 5. The standard InChI is InChI=1S/C21H22N2O5/c1-14-11-12-17(18(13-14)23(26)27)22-20(24)19(15-7-3-2-4-8-15)28-21(25)16-9-5-6-10-16/h2-4,7-8,11-13,16,19H,5-6,9-10H2,1H3,(H,22,24)/t19-/m0/s1. The first kappa shape index (κ1) is 19.5. The summed E-state index contributed by atoms with van der Waals surface area (Å²) in [6, 6.07) is 13.2. The maximum absolute atomic E-state index is 12.9. The van der Waals surface area contributed by atoms with Gasteiger partial charge < -0.3 is 10.1 Å². The van der Waals surface area contributed by atoms with Crippen molar-refractivity contribution in [3.05, 3.63) is 69.8 Å². The van der Waals surface area contributed by atoms with Crippen LogP contribution in [0.15, 0.2) is 48.5 Å². The summed E-state index contributed by atoms with van der Waals surface area (Å²) in [6.45, 7) is 1.73. The lowest BCUT2D eigenvalue weighted by molar-refractivity contribution is -0.384. The lowest BCUT2D eigenvalue weighted by Crippen LogP contribution is -2.28. The number of nitro benzene ring substituents is 1. The molecular formula is C21H22N2O5. The Bertz CT molecular complexity index is 876. The van der Waals surface area contributed by atoms with Crippen LogP contribution in [0, 0.1) is 23.0 Å². The van der Waals surface area contributed by atoms with E-state index in [4.69, 9.17) is 4.74 Å². The maximum Gasteiger partial charge on any atom is 0.310 e. The fourth-order valence-electron chi connectivity index (χ4n) is 3.37. The second kappa shape index (κ2) is 8.65. The van der Waals surface area contributed by atoms with Gasteiger partial charge in [-0.05, 0) is 31.4 Å². The number of esters is 1. The quantitative estimate of drug-likeness (QED) is 0.456. The predicted octanol–water partition coefficient (Wildman–Crippen LogP) is 4.32. The molecule has 2 aromatic carbocycles. The van der Waals surface area contributed by atoms with Crippen LogP contribution in [0.4, 0.5) is 11.4 Å². The molecule has 7 heteroatoms. The largest absolute Gasteiger partial charge is 0.447 e. The minimum absolute atomic E-state index is 0.0680. The number of carbonyl (C=O) groups is 2. The number of benzene rings is 2. The molecule has 3 rings (SSSR count). The van der Waals surface area contributed by atoms with E-state index in [-0.39, 0.29) is 17.3 Å². The van der Waals surface area contributed by atoms with Crippen LogP contribution < -0.4 is 5.32 Å². The fourth-order valence-corrected chi connectivity index (χ4v) is 3.37. The molecule has 28 heavy (non-hydrogen) atoms.